The van der Waals surface area contributed by atoms with E-state index in [9.17, 15) is 8.42 Å². The van der Waals surface area contributed by atoms with Gasteiger partial charge in [0.1, 0.15) is 11.4 Å². The van der Waals surface area contributed by atoms with E-state index in [0.717, 1.165) is 6.21 Å². The number of guanidine groups is 1. The SMILES string of the molecule is NC(N)=Nc1nc(-c2nccc(N)c2/C=N/S(N)(=O)=O)cs1. The predicted octanol–water partition coefficient (Wildman–Crippen LogP) is -0.685. The second-order valence-corrected chi connectivity index (χ2v) is 6.04. The molecule has 0 radical (unpaired) electrons. The summed E-state index contributed by atoms with van der Waals surface area (Å²) in [5.41, 5.74) is 17.7. The van der Waals surface area contributed by atoms with Gasteiger partial charge in [-0.3, -0.25) is 4.98 Å². The van der Waals surface area contributed by atoms with E-state index in [-0.39, 0.29) is 17.2 Å². The van der Waals surface area contributed by atoms with Crippen molar-refractivity contribution in [3.05, 3.63) is 23.2 Å². The Morgan fingerprint density at radius 2 is 2.09 bits per heavy atom. The van der Waals surface area contributed by atoms with Crippen LogP contribution in [0.15, 0.2) is 27.0 Å². The summed E-state index contributed by atoms with van der Waals surface area (Å²) in [7, 11) is -4.04. The van der Waals surface area contributed by atoms with E-state index in [1.165, 1.54) is 23.6 Å². The summed E-state index contributed by atoms with van der Waals surface area (Å²) in [6.45, 7) is 0. The lowest BCUT2D eigenvalue weighted by atomic mass is 10.1. The molecule has 0 spiro atoms. The van der Waals surface area contributed by atoms with Gasteiger partial charge in [0.25, 0.3) is 0 Å². The van der Waals surface area contributed by atoms with Crippen molar-refractivity contribution < 1.29 is 8.42 Å². The first-order chi connectivity index (χ1) is 10.3. The van der Waals surface area contributed by atoms with Crippen LogP contribution in [0.3, 0.4) is 0 Å². The minimum absolute atomic E-state index is 0.127. The van der Waals surface area contributed by atoms with Gasteiger partial charge >= 0.3 is 10.2 Å². The van der Waals surface area contributed by atoms with Crippen LogP contribution in [0, 0.1) is 0 Å². The molecule has 8 N–H and O–H groups in total. The second kappa shape index (κ2) is 6.05. The van der Waals surface area contributed by atoms with E-state index < -0.39 is 10.2 Å². The largest absolute Gasteiger partial charge is 0.398 e. The van der Waals surface area contributed by atoms with Crippen LogP contribution in [0.5, 0.6) is 0 Å². The average molecular weight is 340 g/mol. The molecule has 0 amide bonds. The first-order valence-corrected chi connectivity index (χ1v) is 8.02. The number of aliphatic imine (C=N–C) groups is 1. The third kappa shape index (κ3) is 3.97. The lowest BCUT2D eigenvalue weighted by Gasteiger charge is -2.04. The molecule has 2 heterocycles. The highest BCUT2D eigenvalue weighted by Gasteiger charge is 2.13. The van der Waals surface area contributed by atoms with E-state index in [4.69, 9.17) is 22.3 Å². The van der Waals surface area contributed by atoms with Gasteiger partial charge in [-0.2, -0.15) is 17.8 Å². The fourth-order valence-electron chi connectivity index (χ4n) is 1.49. The minimum Gasteiger partial charge on any atom is -0.398 e. The number of nitrogen functional groups attached to an aromatic ring is 1. The molecular weight excluding hydrogens is 328 g/mol. The molecular formula is C10H12N8O2S2. The van der Waals surface area contributed by atoms with E-state index in [1.807, 2.05) is 0 Å². The number of thiazole rings is 1. The third-order valence-electron chi connectivity index (χ3n) is 2.31. The Kier molecular flexibility index (Phi) is 4.35. The number of anilines is 1. The van der Waals surface area contributed by atoms with Crippen LogP contribution in [0.4, 0.5) is 10.8 Å². The Morgan fingerprint density at radius 3 is 2.73 bits per heavy atom. The summed E-state index contributed by atoms with van der Waals surface area (Å²) in [5.74, 6) is -0.127. The maximum Gasteiger partial charge on any atom is 0.317 e. The molecule has 0 aliphatic carbocycles. The van der Waals surface area contributed by atoms with Gasteiger partial charge in [-0.05, 0) is 6.07 Å². The van der Waals surface area contributed by atoms with Gasteiger partial charge in [0, 0.05) is 22.8 Å². The van der Waals surface area contributed by atoms with Crippen molar-refractivity contribution in [2.24, 2.45) is 26.0 Å². The molecule has 2 rings (SSSR count). The summed E-state index contributed by atoms with van der Waals surface area (Å²) >= 11 is 1.18. The summed E-state index contributed by atoms with van der Waals surface area (Å²) in [5, 5.41) is 6.81. The fraction of sp³-hybridized carbons (Fsp3) is 0. The Labute approximate surface area is 129 Å². The highest BCUT2D eigenvalue weighted by atomic mass is 32.2. The number of hydrogen-bond acceptors (Lipinski definition) is 7. The number of aromatic nitrogens is 2. The summed E-state index contributed by atoms with van der Waals surface area (Å²) < 4.78 is 25.1. The molecule has 0 saturated heterocycles. The van der Waals surface area contributed by atoms with Gasteiger partial charge in [-0.25, -0.2) is 10.1 Å². The minimum atomic E-state index is -4.04. The van der Waals surface area contributed by atoms with Gasteiger partial charge in [-0.15, -0.1) is 11.3 Å². The monoisotopic (exact) mass is 340 g/mol. The van der Waals surface area contributed by atoms with Crippen LogP contribution in [0.2, 0.25) is 0 Å². The zero-order chi connectivity index (χ0) is 16.3. The summed E-state index contributed by atoms with van der Waals surface area (Å²) in [4.78, 5) is 12.1. The van der Waals surface area contributed by atoms with E-state index in [2.05, 4.69) is 19.4 Å². The van der Waals surface area contributed by atoms with E-state index in [0.29, 0.717) is 16.5 Å². The molecule has 10 nitrogen and oxygen atoms in total. The molecule has 12 heteroatoms. The van der Waals surface area contributed by atoms with Crippen molar-refractivity contribution >= 4 is 44.5 Å². The first kappa shape index (κ1) is 15.8. The number of nitrogens with zero attached hydrogens (tertiary/aromatic N) is 4. The average Bonchev–Trinajstić information content (AvgIpc) is 2.83. The van der Waals surface area contributed by atoms with Crippen LogP contribution in [-0.2, 0) is 10.2 Å². The zero-order valence-electron chi connectivity index (χ0n) is 11.0. The van der Waals surface area contributed by atoms with Gasteiger partial charge in [0.15, 0.2) is 5.96 Å². The number of rotatable bonds is 4. The van der Waals surface area contributed by atoms with Crippen LogP contribution >= 0.6 is 11.3 Å². The standard InChI is InChI=1S/C10H12N8O2S2/c11-6-1-2-15-8(5(6)3-16-22(14,19)20)7-4-21-10(17-7)18-9(12)13/h1-4H,(H2,11,15)(H2,14,19,20)(H4,12,13,17,18)/b16-3+. The molecule has 0 atom stereocenters. The number of nitrogens with two attached hydrogens (primary N) is 4. The molecule has 0 aliphatic rings. The van der Waals surface area contributed by atoms with Crippen molar-refractivity contribution in [3.8, 4) is 11.4 Å². The summed E-state index contributed by atoms with van der Waals surface area (Å²) in [6.07, 6.45) is 2.48. The first-order valence-electron chi connectivity index (χ1n) is 5.64. The van der Waals surface area contributed by atoms with Gasteiger partial charge < -0.3 is 17.2 Å². The molecule has 116 valence electrons. The fourth-order valence-corrected chi connectivity index (χ4v) is 2.43. The molecule has 0 aliphatic heterocycles. The van der Waals surface area contributed by atoms with Crippen LogP contribution < -0.4 is 22.3 Å². The van der Waals surface area contributed by atoms with Crippen LogP contribution in [0.1, 0.15) is 5.56 Å². The van der Waals surface area contributed by atoms with Crippen molar-refractivity contribution in [3.63, 3.8) is 0 Å². The van der Waals surface area contributed by atoms with Crippen molar-refractivity contribution in [1.29, 1.82) is 0 Å². The third-order valence-corrected chi connectivity index (χ3v) is 3.45. The van der Waals surface area contributed by atoms with Crippen molar-refractivity contribution in [1.82, 2.24) is 9.97 Å². The van der Waals surface area contributed by atoms with Crippen molar-refractivity contribution in [2.75, 3.05) is 5.73 Å². The molecule has 0 fully saturated rings. The summed E-state index contributed by atoms with van der Waals surface area (Å²) in [6, 6.07) is 1.50. The number of hydrogen-bond donors (Lipinski definition) is 4. The quantitative estimate of drug-likeness (QED) is 0.418. The molecule has 0 bridgehead atoms. The Hall–Kier alpha value is -2.57. The highest BCUT2D eigenvalue weighted by Crippen LogP contribution is 2.29. The van der Waals surface area contributed by atoms with E-state index >= 15 is 0 Å². The van der Waals surface area contributed by atoms with Gasteiger partial charge in [0.2, 0.25) is 5.13 Å². The molecule has 22 heavy (non-hydrogen) atoms. The highest BCUT2D eigenvalue weighted by molar-refractivity contribution is 7.87. The zero-order valence-corrected chi connectivity index (χ0v) is 12.7. The molecule has 0 saturated carbocycles. The maximum atomic E-state index is 10.9. The van der Waals surface area contributed by atoms with Gasteiger partial charge in [0.05, 0.1) is 6.21 Å². The van der Waals surface area contributed by atoms with E-state index in [1.54, 1.807) is 5.38 Å². The molecule has 0 aromatic carbocycles. The Morgan fingerprint density at radius 1 is 1.36 bits per heavy atom. The van der Waals surface area contributed by atoms with Gasteiger partial charge in [-0.1, -0.05) is 0 Å². The smallest absolute Gasteiger partial charge is 0.317 e. The predicted molar refractivity (Wildman–Crippen MR) is 85.9 cm³/mol. The second-order valence-electron chi connectivity index (χ2n) is 3.96. The molecule has 2 aromatic rings. The molecule has 2 aromatic heterocycles. The maximum absolute atomic E-state index is 10.9. The van der Waals surface area contributed by atoms with Crippen LogP contribution in [0.25, 0.3) is 11.4 Å². The topological polar surface area (TPSA) is 189 Å². The Balaban J connectivity index is 2.52. The normalized spacial score (nSPS) is 11.7. The lowest BCUT2D eigenvalue weighted by molar-refractivity contribution is 0.600. The Bertz CT molecular complexity index is 852. The van der Waals surface area contributed by atoms with Crippen molar-refractivity contribution in [2.45, 2.75) is 0 Å². The molecule has 0 unspecified atom stereocenters. The lowest BCUT2D eigenvalue weighted by Crippen LogP contribution is -2.21. The number of pyridine rings is 1. The van der Waals surface area contributed by atoms with Crippen LogP contribution in [-0.4, -0.2) is 30.6 Å².